The van der Waals surface area contributed by atoms with Crippen molar-refractivity contribution in [3.8, 4) is 0 Å². The zero-order valence-electron chi connectivity index (χ0n) is 8.33. The molecule has 0 atom stereocenters. The Balaban J connectivity index is 2.49. The van der Waals surface area contributed by atoms with E-state index in [1.54, 1.807) is 11.3 Å². The fourth-order valence-corrected chi connectivity index (χ4v) is 2.12. The van der Waals surface area contributed by atoms with E-state index < -0.39 is 5.97 Å². The van der Waals surface area contributed by atoms with E-state index in [1.807, 2.05) is 14.0 Å². The van der Waals surface area contributed by atoms with Gasteiger partial charge in [-0.25, -0.2) is 4.98 Å². The molecule has 0 aliphatic rings. The summed E-state index contributed by atoms with van der Waals surface area (Å²) in [4.78, 5) is 15.8. The highest BCUT2D eigenvalue weighted by molar-refractivity contribution is 7.15. The van der Waals surface area contributed by atoms with Crippen molar-refractivity contribution in [2.24, 2.45) is 0 Å². The van der Waals surface area contributed by atoms with Gasteiger partial charge in [-0.05, 0) is 19.8 Å². The lowest BCUT2D eigenvalue weighted by Crippen LogP contribution is -1.95. The number of carboxylic acid groups (broad SMARTS) is 1. The highest BCUT2D eigenvalue weighted by Gasteiger charge is 2.06. The third kappa shape index (κ3) is 2.99. The Kier molecular flexibility index (Phi) is 3.88. The first-order valence-corrected chi connectivity index (χ1v) is 5.31. The van der Waals surface area contributed by atoms with E-state index in [4.69, 9.17) is 5.11 Å². The lowest BCUT2D eigenvalue weighted by Gasteiger charge is -1.95. The fraction of sp³-hybridized carbons (Fsp3) is 0.556. The van der Waals surface area contributed by atoms with E-state index in [-0.39, 0.29) is 6.42 Å². The quantitative estimate of drug-likeness (QED) is 0.785. The molecular weight excluding hydrogens is 200 g/mol. The number of rotatable bonds is 5. The topological polar surface area (TPSA) is 62.2 Å². The maximum absolute atomic E-state index is 10.3. The minimum absolute atomic E-state index is 0.228. The van der Waals surface area contributed by atoms with Crippen LogP contribution in [0.3, 0.4) is 0 Å². The van der Waals surface area contributed by atoms with Crippen molar-refractivity contribution in [2.75, 3.05) is 12.4 Å². The number of hydrogen-bond acceptors (Lipinski definition) is 4. The molecule has 0 radical (unpaired) electrons. The number of nitrogens with one attached hydrogen (secondary N) is 1. The minimum atomic E-state index is -0.735. The summed E-state index contributed by atoms with van der Waals surface area (Å²) in [6, 6.07) is 0. The number of aryl methyl sites for hydroxylation is 2. The first kappa shape index (κ1) is 11.0. The molecule has 0 saturated carbocycles. The van der Waals surface area contributed by atoms with Crippen molar-refractivity contribution in [2.45, 2.75) is 26.2 Å². The summed E-state index contributed by atoms with van der Waals surface area (Å²) < 4.78 is 0. The van der Waals surface area contributed by atoms with Crippen LogP contribution in [-0.4, -0.2) is 23.1 Å². The molecule has 2 N–H and O–H groups in total. The summed E-state index contributed by atoms with van der Waals surface area (Å²) in [6.07, 6.45) is 1.71. The van der Waals surface area contributed by atoms with Gasteiger partial charge in [0.2, 0.25) is 0 Å². The lowest BCUT2D eigenvalue weighted by molar-refractivity contribution is -0.137. The molecule has 1 rings (SSSR count). The van der Waals surface area contributed by atoms with Gasteiger partial charge in [-0.3, -0.25) is 4.79 Å². The molecule has 78 valence electrons. The number of hydrogen-bond donors (Lipinski definition) is 2. The molecule has 0 amide bonds. The number of anilines is 1. The lowest BCUT2D eigenvalue weighted by atomic mass is 10.2. The summed E-state index contributed by atoms with van der Waals surface area (Å²) >= 11 is 1.60. The SMILES string of the molecule is CNc1nc(C)c(CCCC(=O)O)s1. The van der Waals surface area contributed by atoms with Crippen molar-refractivity contribution >= 4 is 22.4 Å². The number of carbonyl (C=O) groups is 1. The van der Waals surface area contributed by atoms with Gasteiger partial charge < -0.3 is 10.4 Å². The fourth-order valence-electron chi connectivity index (χ4n) is 1.17. The highest BCUT2D eigenvalue weighted by atomic mass is 32.1. The largest absolute Gasteiger partial charge is 0.481 e. The van der Waals surface area contributed by atoms with Gasteiger partial charge in [-0.15, -0.1) is 11.3 Å². The molecule has 0 aromatic carbocycles. The molecule has 5 heteroatoms. The second kappa shape index (κ2) is 4.95. The molecule has 0 aliphatic heterocycles. The number of aliphatic carboxylic acids is 1. The molecule has 0 unspecified atom stereocenters. The van der Waals surface area contributed by atoms with Gasteiger partial charge in [-0.2, -0.15) is 0 Å². The van der Waals surface area contributed by atoms with E-state index >= 15 is 0 Å². The van der Waals surface area contributed by atoms with Gasteiger partial charge >= 0.3 is 5.97 Å². The standard InChI is InChI=1S/C9H14N2O2S/c1-6-7(4-3-5-8(12)13)14-9(10-2)11-6/h3-5H2,1-2H3,(H,10,11)(H,12,13). The van der Waals surface area contributed by atoms with E-state index in [9.17, 15) is 4.79 Å². The van der Waals surface area contributed by atoms with Crippen molar-refractivity contribution in [3.63, 3.8) is 0 Å². The van der Waals surface area contributed by atoms with Crippen LogP contribution in [0.5, 0.6) is 0 Å². The summed E-state index contributed by atoms with van der Waals surface area (Å²) in [6.45, 7) is 1.95. The summed E-state index contributed by atoms with van der Waals surface area (Å²) in [5.74, 6) is -0.735. The predicted octanol–water partition coefficient (Wildman–Crippen LogP) is 1.90. The first-order valence-electron chi connectivity index (χ1n) is 4.49. The Morgan fingerprint density at radius 2 is 2.36 bits per heavy atom. The van der Waals surface area contributed by atoms with Crippen LogP contribution in [0.2, 0.25) is 0 Å². The van der Waals surface area contributed by atoms with E-state index in [0.717, 1.165) is 17.2 Å². The molecule has 0 aliphatic carbocycles. The minimum Gasteiger partial charge on any atom is -0.481 e. The van der Waals surface area contributed by atoms with Crippen LogP contribution in [0.1, 0.15) is 23.4 Å². The van der Waals surface area contributed by atoms with Crippen LogP contribution in [-0.2, 0) is 11.2 Å². The molecule has 0 fully saturated rings. The maximum atomic E-state index is 10.3. The third-order valence-electron chi connectivity index (χ3n) is 1.90. The number of nitrogens with zero attached hydrogens (tertiary/aromatic N) is 1. The van der Waals surface area contributed by atoms with E-state index in [2.05, 4.69) is 10.3 Å². The smallest absolute Gasteiger partial charge is 0.303 e. The summed E-state index contributed by atoms with van der Waals surface area (Å²) in [7, 11) is 1.83. The summed E-state index contributed by atoms with van der Waals surface area (Å²) in [5.41, 5.74) is 1.00. The molecule has 0 saturated heterocycles. The van der Waals surface area contributed by atoms with Gasteiger partial charge in [0.15, 0.2) is 5.13 Å². The number of carboxylic acids is 1. The first-order chi connectivity index (χ1) is 6.63. The van der Waals surface area contributed by atoms with Gasteiger partial charge in [0, 0.05) is 18.3 Å². The number of thiazole rings is 1. The third-order valence-corrected chi connectivity index (χ3v) is 3.14. The van der Waals surface area contributed by atoms with Crippen LogP contribution in [0, 0.1) is 6.92 Å². The van der Waals surface area contributed by atoms with Crippen molar-refractivity contribution in [3.05, 3.63) is 10.6 Å². The van der Waals surface area contributed by atoms with Crippen LogP contribution < -0.4 is 5.32 Å². The monoisotopic (exact) mass is 214 g/mol. The van der Waals surface area contributed by atoms with Gasteiger partial charge in [0.1, 0.15) is 0 Å². The normalized spacial score (nSPS) is 10.1. The second-order valence-corrected chi connectivity index (χ2v) is 4.11. The number of aromatic nitrogens is 1. The van der Waals surface area contributed by atoms with Crippen molar-refractivity contribution < 1.29 is 9.90 Å². The highest BCUT2D eigenvalue weighted by Crippen LogP contribution is 2.23. The van der Waals surface area contributed by atoms with Crippen LogP contribution in [0.15, 0.2) is 0 Å². The second-order valence-electron chi connectivity index (χ2n) is 3.02. The molecule has 4 nitrogen and oxygen atoms in total. The van der Waals surface area contributed by atoms with Crippen molar-refractivity contribution in [1.29, 1.82) is 0 Å². The average Bonchev–Trinajstić information content (AvgIpc) is 2.47. The van der Waals surface area contributed by atoms with Crippen LogP contribution in [0.4, 0.5) is 5.13 Å². The zero-order chi connectivity index (χ0) is 10.6. The summed E-state index contributed by atoms with van der Waals surface area (Å²) in [5, 5.41) is 12.4. The molecule has 1 aromatic heterocycles. The average molecular weight is 214 g/mol. The Morgan fingerprint density at radius 1 is 1.64 bits per heavy atom. The van der Waals surface area contributed by atoms with Crippen LogP contribution >= 0.6 is 11.3 Å². The van der Waals surface area contributed by atoms with Gasteiger partial charge in [-0.1, -0.05) is 0 Å². The van der Waals surface area contributed by atoms with Crippen molar-refractivity contribution in [1.82, 2.24) is 4.98 Å². The van der Waals surface area contributed by atoms with Gasteiger partial charge in [0.25, 0.3) is 0 Å². The molecule has 1 aromatic rings. The maximum Gasteiger partial charge on any atom is 0.303 e. The Labute approximate surface area is 87.0 Å². The Morgan fingerprint density at radius 3 is 2.86 bits per heavy atom. The molecule has 0 bridgehead atoms. The van der Waals surface area contributed by atoms with Crippen LogP contribution in [0.25, 0.3) is 0 Å². The van der Waals surface area contributed by atoms with E-state index in [1.165, 1.54) is 4.88 Å². The predicted molar refractivity (Wildman–Crippen MR) is 57.0 cm³/mol. The molecule has 1 heterocycles. The zero-order valence-corrected chi connectivity index (χ0v) is 9.15. The Hall–Kier alpha value is -1.10. The van der Waals surface area contributed by atoms with E-state index in [0.29, 0.717) is 6.42 Å². The molecule has 0 spiro atoms. The van der Waals surface area contributed by atoms with Gasteiger partial charge in [0.05, 0.1) is 5.69 Å². The molecular formula is C9H14N2O2S. The Bertz CT molecular complexity index is 323. The molecule has 14 heavy (non-hydrogen) atoms.